The summed E-state index contributed by atoms with van der Waals surface area (Å²) < 4.78 is 27.6. The Kier molecular flexibility index (Phi) is 4.06. The molecule has 0 unspecified atom stereocenters. The molecule has 0 aliphatic carbocycles. The van der Waals surface area contributed by atoms with Gasteiger partial charge in [0.05, 0.1) is 6.61 Å². The second-order valence-corrected chi connectivity index (χ2v) is 7.49. The molecule has 18 heavy (non-hydrogen) atoms. The molecule has 2 rings (SSSR count). The molecule has 0 bridgehead atoms. The molecule has 0 radical (unpaired) electrons. The third kappa shape index (κ3) is 3.11. The van der Waals surface area contributed by atoms with Crippen LogP contribution in [0.1, 0.15) is 4.88 Å². The van der Waals surface area contributed by atoms with Crippen LogP contribution in [0.3, 0.4) is 0 Å². The van der Waals surface area contributed by atoms with Gasteiger partial charge in [0, 0.05) is 15.0 Å². The predicted octanol–water partition coefficient (Wildman–Crippen LogP) is 2.80. The molecule has 0 aliphatic heterocycles. The SMILES string of the molecule is O=S(=O)(Nc1cccc(Br)c1)c1ccc(CO)s1. The maximum absolute atomic E-state index is 12.0. The number of benzene rings is 1. The van der Waals surface area contributed by atoms with Crippen molar-refractivity contribution in [2.45, 2.75) is 10.8 Å². The largest absolute Gasteiger partial charge is 0.391 e. The summed E-state index contributed by atoms with van der Waals surface area (Å²) in [6, 6.07) is 9.99. The zero-order valence-corrected chi connectivity index (χ0v) is 12.3. The van der Waals surface area contributed by atoms with E-state index in [9.17, 15) is 8.42 Å². The first-order valence-electron chi connectivity index (χ1n) is 4.99. The number of anilines is 1. The number of thiophene rings is 1. The summed E-state index contributed by atoms with van der Waals surface area (Å²) in [4.78, 5) is 0.615. The van der Waals surface area contributed by atoms with Gasteiger partial charge in [-0.15, -0.1) is 11.3 Å². The van der Waals surface area contributed by atoms with Crippen LogP contribution < -0.4 is 4.72 Å². The van der Waals surface area contributed by atoms with Crippen LogP contribution >= 0.6 is 27.3 Å². The van der Waals surface area contributed by atoms with Crippen LogP contribution in [-0.4, -0.2) is 13.5 Å². The molecule has 2 N–H and O–H groups in total. The molecule has 0 spiro atoms. The topological polar surface area (TPSA) is 66.4 Å². The lowest BCUT2D eigenvalue weighted by Crippen LogP contribution is -2.11. The monoisotopic (exact) mass is 347 g/mol. The van der Waals surface area contributed by atoms with Crippen molar-refractivity contribution in [1.29, 1.82) is 0 Å². The van der Waals surface area contributed by atoms with Gasteiger partial charge in [-0.2, -0.15) is 0 Å². The van der Waals surface area contributed by atoms with Gasteiger partial charge in [-0.25, -0.2) is 8.42 Å². The first-order valence-corrected chi connectivity index (χ1v) is 8.08. The number of hydrogen-bond donors (Lipinski definition) is 2. The normalized spacial score (nSPS) is 11.4. The van der Waals surface area contributed by atoms with E-state index in [4.69, 9.17) is 5.11 Å². The van der Waals surface area contributed by atoms with Crippen LogP contribution in [0.15, 0.2) is 45.1 Å². The van der Waals surface area contributed by atoms with Gasteiger partial charge in [0.1, 0.15) is 4.21 Å². The Balaban J connectivity index is 2.27. The Labute approximate surface area is 117 Å². The van der Waals surface area contributed by atoms with E-state index < -0.39 is 10.0 Å². The molecule has 4 nitrogen and oxygen atoms in total. The summed E-state index contributed by atoms with van der Waals surface area (Å²) >= 11 is 4.33. The summed E-state index contributed by atoms with van der Waals surface area (Å²) in [7, 11) is -3.58. The van der Waals surface area contributed by atoms with E-state index in [2.05, 4.69) is 20.7 Å². The highest BCUT2D eigenvalue weighted by Gasteiger charge is 2.16. The van der Waals surface area contributed by atoms with Crippen molar-refractivity contribution in [2.75, 3.05) is 4.72 Å². The predicted molar refractivity (Wildman–Crippen MR) is 75.2 cm³/mol. The maximum Gasteiger partial charge on any atom is 0.271 e. The molecular formula is C11H10BrNO3S2. The number of halogens is 1. The molecule has 2 aromatic rings. The molecular weight excluding hydrogens is 338 g/mol. The van der Waals surface area contributed by atoms with Gasteiger partial charge < -0.3 is 5.11 Å². The molecule has 0 saturated heterocycles. The minimum Gasteiger partial charge on any atom is -0.391 e. The van der Waals surface area contributed by atoms with Crippen molar-refractivity contribution in [1.82, 2.24) is 0 Å². The van der Waals surface area contributed by atoms with E-state index in [0.717, 1.165) is 15.8 Å². The van der Waals surface area contributed by atoms with E-state index in [1.54, 1.807) is 24.3 Å². The van der Waals surface area contributed by atoms with Crippen LogP contribution in [0.5, 0.6) is 0 Å². The highest BCUT2D eigenvalue weighted by Crippen LogP contribution is 2.25. The quantitative estimate of drug-likeness (QED) is 0.893. The van der Waals surface area contributed by atoms with Gasteiger partial charge in [-0.3, -0.25) is 4.72 Å². The van der Waals surface area contributed by atoms with E-state index >= 15 is 0 Å². The highest BCUT2D eigenvalue weighted by atomic mass is 79.9. The third-order valence-corrected chi connectivity index (χ3v) is 5.57. The summed E-state index contributed by atoms with van der Waals surface area (Å²) in [5.74, 6) is 0. The van der Waals surface area contributed by atoms with Crippen molar-refractivity contribution in [3.63, 3.8) is 0 Å². The highest BCUT2D eigenvalue weighted by molar-refractivity contribution is 9.10. The average Bonchev–Trinajstić information content (AvgIpc) is 2.77. The number of hydrogen-bond acceptors (Lipinski definition) is 4. The number of sulfonamides is 1. The zero-order valence-electron chi connectivity index (χ0n) is 9.13. The van der Waals surface area contributed by atoms with Gasteiger partial charge >= 0.3 is 0 Å². The second-order valence-electron chi connectivity index (χ2n) is 3.49. The Morgan fingerprint density at radius 1 is 1.28 bits per heavy atom. The van der Waals surface area contributed by atoms with Crippen molar-refractivity contribution in [2.24, 2.45) is 0 Å². The van der Waals surface area contributed by atoms with Gasteiger partial charge in [0.15, 0.2) is 0 Å². The summed E-state index contributed by atoms with van der Waals surface area (Å²) in [5.41, 5.74) is 0.489. The van der Waals surface area contributed by atoms with E-state index in [1.807, 2.05) is 6.07 Å². The maximum atomic E-state index is 12.0. The number of rotatable bonds is 4. The molecule has 0 saturated carbocycles. The summed E-state index contributed by atoms with van der Waals surface area (Å²) in [6.45, 7) is -0.156. The number of aliphatic hydroxyl groups is 1. The molecule has 1 aromatic carbocycles. The van der Waals surface area contributed by atoms with Crippen LogP contribution in [0.4, 0.5) is 5.69 Å². The first kappa shape index (κ1) is 13.5. The van der Waals surface area contributed by atoms with Gasteiger partial charge in [-0.1, -0.05) is 22.0 Å². The Bertz CT molecular complexity index is 652. The standard InChI is InChI=1S/C11H10BrNO3S2/c12-8-2-1-3-9(6-8)13-18(15,16)11-5-4-10(7-14)17-11/h1-6,13-14H,7H2. The fourth-order valence-electron chi connectivity index (χ4n) is 1.35. The van der Waals surface area contributed by atoms with Crippen molar-refractivity contribution < 1.29 is 13.5 Å². The number of aliphatic hydroxyl groups excluding tert-OH is 1. The Hall–Kier alpha value is -0.890. The fraction of sp³-hybridized carbons (Fsp3) is 0.0909. The van der Waals surface area contributed by atoms with E-state index in [0.29, 0.717) is 10.6 Å². The molecule has 0 fully saturated rings. The van der Waals surface area contributed by atoms with Crippen LogP contribution in [-0.2, 0) is 16.6 Å². The van der Waals surface area contributed by atoms with Crippen molar-refractivity contribution >= 4 is 43.0 Å². The second kappa shape index (κ2) is 5.40. The molecule has 0 atom stereocenters. The minimum absolute atomic E-state index is 0.156. The third-order valence-electron chi connectivity index (χ3n) is 2.13. The minimum atomic E-state index is -3.58. The van der Waals surface area contributed by atoms with Crippen molar-refractivity contribution in [3.05, 3.63) is 45.7 Å². The molecule has 7 heteroatoms. The Morgan fingerprint density at radius 2 is 2.06 bits per heavy atom. The lowest BCUT2D eigenvalue weighted by atomic mass is 10.3. The molecule has 0 aliphatic rings. The van der Waals surface area contributed by atoms with Crippen molar-refractivity contribution in [3.8, 4) is 0 Å². The summed E-state index contributed by atoms with van der Waals surface area (Å²) in [6.07, 6.45) is 0. The van der Waals surface area contributed by atoms with Gasteiger partial charge in [-0.05, 0) is 30.3 Å². The molecule has 1 heterocycles. The smallest absolute Gasteiger partial charge is 0.271 e. The van der Waals surface area contributed by atoms with E-state index in [1.165, 1.54) is 6.07 Å². The lowest BCUT2D eigenvalue weighted by Gasteiger charge is -2.06. The van der Waals surface area contributed by atoms with Crippen LogP contribution in [0.25, 0.3) is 0 Å². The van der Waals surface area contributed by atoms with Gasteiger partial charge in [0.2, 0.25) is 0 Å². The van der Waals surface area contributed by atoms with E-state index in [-0.39, 0.29) is 10.8 Å². The molecule has 1 aromatic heterocycles. The first-order chi connectivity index (χ1) is 8.51. The van der Waals surface area contributed by atoms with Gasteiger partial charge in [0.25, 0.3) is 10.0 Å². The number of nitrogens with one attached hydrogen (secondary N) is 1. The zero-order chi connectivity index (χ0) is 13.2. The fourth-order valence-corrected chi connectivity index (χ4v) is 4.01. The molecule has 96 valence electrons. The summed E-state index contributed by atoms with van der Waals surface area (Å²) in [5, 5.41) is 8.93. The molecule has 0 amide bonds. The average molecular weight is 348 g/mol. The van der Waals surface area contributed by atoms with Crippen LogP contribution in [0.2, 0.25) is 0 Å². The van der Waals surface area contributed by atoms with Crippen LogP contribution in [0, 0.1) is 0 Å². The lowest BCUT2D eigenvalue weighted by molar-refractivity contribution is 0.285. The Morgan fingerprint density at radius 3 is 2.67 bits per heavy atom.